The molecule has 1 unspecified atom stereocenters. The topological polar surface area (TPSA) is 3.24 Å². The van der Waals surface area contributed by atoms with Gasteiger partial charge in [-0.25, -0.2) is 0 Å². The second-order valence-electron chi connectivity index (χ2n) is 3.25. The molecule has 0 amide bonds. The molecular formula is C10H12ClN. The van der Waals surface area contributed by atoms with Gasteiger partial charge in [0.2, 0.25) is 0 Å². The molecule has 0 radical (unpaired) electrons. The number of likely N-dealkylation sites (N-methyl/N-ethyl adjacent to an activating group) is 1. The van der Waals surface area contributed by atoms with Gasteiger partial charge < -0.3 is 4.90 Å². The van der Waals surface area contributed by atoms with Crippen molar-refractivity contribution in [2.75, 3.05) is 17.8 Å². The molecule has 0 spiro atoms. The molecule has 0 bridgehead atoms. The van der Waals surface area contributed by atoms with Gasteiger partial charge in [0, 0.05) is 24.7 Å². The van der Waals surface area contributed by atoms with E-state index < -0.39 is 0 Å². The Morgan fingerprint density at radius 3 is 2.92 bits per heavy atom. The summed E-state index contributed by atoms with van der Waals surface area (Å²) in [6, 6.07) is 8.99. The maximum atomic E-state index is 5.85. The highest BCUT2D eigenvalue weighted by atomic mass is 35.5. The molecule has 0 fully saturated rings. The highest BCUT2D eigenvalue weighted by Crippen LogP contribution is 2.30. The van der Waals surface area contributed by atoms with Gasteiger partial charge in [0.25, 0.3) is 0 Å². The fourth-order valence-corrected chi connectivity index (χ4v) is 2.09. The van der Waals surface area contributed by atoms with Gasteiger partial charge in [-0.3, -0.25) is 0 Å². The zero-order chi connectivity index (χ0) is 8.55. The third-order valence-electron chi connectivity index (χ3n) is 2.55. The Bertz CT molecular complexity index is 285. The summed E-state index contributed by atoms with van der Waals surface area (Å²) in [6.45, 7) is 0. The minimum Gasteiger partial charge on any atom is -0.370 e. The average molecular weight is 182 g/mol. The molecule has 0 N–H and O–H groups in total. The molecule has 0 aromatic heterocycles. The van der Waals surface area contributed by atoms with E-state index in [0.29, 0.717) is 11.9 Å². The SMILES string of the molecule is CN1c2ccccc2CC1CCl. The van der Waals surface area contributed by atoms with Gasteiger partial charge in [0.05, 0.1) is 0 Å². The van der Waals surface area contributed by atoms with Crippen molar-refractivity contribution >= 4 is 17.3 Å². The van der Waals surface area contributed by atoms with Gasteiger partial charge in [0.1, 0.15) is 0 Å². The van der Waals surface area contributed by atoms with Gasteiger partial charge in [0.15, 0.2) is 0 Å². The van der Waals surface area contributed by atoms with E-state index in [1.807, 2.05) is 0 Å². The molecule has 0 saturated carbocycles. The van der Waals surface area contributed by atoms with Crippen LogP contribution in [0.15, 0.2) is 24.3 Å². The molecular weight excluding hydrogens is 170 g/mol. The van der Waals surface area contributed by atoms with Gasteiger partial charge in [-0.2, -0.15) is 0 Å². The van der Waals surface area contributed by atoms with Crippen molar-refractivity contribution in [3.63, 3.8) is 0 Å². The molecule has 0 aliphatic carbocycles. The number of fused-ring (bicyclic) bond motifs is 1. The second-order valence-corrected chi connectivity index (χ2v) is 3.56. The second kappa shape index (κ2) is 2.98. The number of para-hydroxylation sites is 1. The molecule has 1 aromatic rings. The van der Waals surface area contributed by atoms with E-state index in [2.05, 4.69) is 36.2 Å². The zero-order valence-corrected chi connectivity index (χ0v) is 7.88. The molecule has 12 heavy (non-hydrogen) atoms. The first-order chi connectivity index (χ1) is 5.83. The lowest BCUT2D eigenvalue weighted by Gasteiger charge is -2.19. The van der Waals surface area contributed by atoms with Crippen LogP contribution in [0.1, 0.15) is 5.56 Å². The number of halogens is 1. The molecule has 64 valence electrons. The number of anilines is 1. The predicted molar refractivity (Wildman–Crippen MR) is 53.1 cm³/mol. The van der Waals surface area contributed by atoms with Crippen molar-refractivity contribution in [2.24, 2.45) is 0 Å². The Labute approximate surface area is 77.9 Å². The maximum Gasteiger partial charge on any atom is 0.0463 e. The molecule has 0 saturated heterocycles. The minimum absolute atomic E-state index is 0.490. The first kappa shape index (κ1) is 7.93. The van der Waals surface area contributed by atoms with Crippen molar-refractivity contribution in [2.45, 2.75) is 12.5 Å². The summed E-state index contributed by atoms with van der Waals surface area (Å²) in [5.74, 6) is 0.713. The molecule has 1 heterocycles. The monoisotopic (exact) mass is 181 g/mol. The van der Waals surface area contributed by atoms with E-state index in [0.717, 1.165) is 6.42 Å². The number of hydrogen-bond acceptors (Lipinski definition) is 1. The summed E-state index contributed by atoms with van der Waals surface area (Å²) < 4.78 is 0. The highest BCUT2D eigenvalue weighted by Gasteiger charge is 2.24. The van der Waals surface area contributed by atoms with E-state index in [-0.39, 0.29) is 0 Å². The third-order valence-corrected chi connectivity index (χ3v) is 2.91. The van der Waals surface area contributed by atoms with E-state index in [1.165, 1.54) is 11.3 Å². The number of nitrogens with zero attached hydrogens (tertiary/aromatic N) is 1. The van der Waals surface area contributed by atoms with Crippen LogP contribution in [-0.4, -0.2) is 19.0 Å². The van der Waals surface area contributed by atoms with Crippen molar-refractivity contribution < 1.29 is 0 Å². The Hall–Kier alpha value is -0.690. The van der Waals surface area contributed by atoms with Crippen LogP contribution in [0.4, 0.5) is 5.69 Å². The molecule has 2 heteroatoms. The zero-order valence-electron chi connectivity index (χ0n) is 7.13. The van der Waals surface area contributed by atoms with Crippen molar-refractivity contribution in [3.05, 3.63) is 29.8 Å². The largest absolute Gasteiger partial charge is 0.370 e. The van der Waals surface area contributed by atoms with Gasteiger partial charge in [-0.05, 0) is 18.1 Å². The Morgan fingerprint density at radius 2 is 2.25 bits per heavy atom. The summed E-state index contributed by atoms with van der Waals surface area (Å²) in [5, 5.41) is 0. The molecule has 1 nitrogen and oxygen atoms in total. The highest BCUT2D eigenvalue weighted by molar-refractivity contribution is 6.18. The first-order valence-electron chi connectivity index (χ1n) is 4.19. The number of benzene rings is 1. The minimum atomic E-state index is 0.490. The lowest BCUT2D eigenvalue weighted by Crippen LogP contribution is -2.28. The van der Waals surface area contributed by atoms with Crippen LogP contribution < -0.4 is 4.90 Å². The normalized spacial score (nSPS) is 21.2. The van der Waals surface area contributed by atoms with Crippen LogP contribution >= 0.6 is 11.6 Å². The van der Waals surface area contributed by atoms with Crippen LogP contribution in [0.2, 0.25) is 0 Å². The first-order valence-corrected chi connectivity index (χ1v) is 4.73. The Kier molecular flexibility index (Phi) is 1.97. The molecule has 2 rings (SSSR count). The van der Waals surface area contributed by atoms with E-state index in [1.54, 1.807) is 0 Å². The van der Waals surface area contributed by atoms with Crippen LogP contribution in [0.25, 0.3) is 0 Å². The summed E-state index contributed by atoms with van der Waals surface area (Å²) in [5.41, 5.74) is 2.76. The molecule has 1 aliphatic heterocycles. The van der Waals surface area contributed by atoms with Crippen molar-refractivity contribution in [1.29, 1.82) is 0 Å². The summed E-state index contributed by atoms with van der Waals surface area (Å²) in [7, 11) is 2.11. The van der Waals surface area contributed by atoms with Crippen LogP contribution in [-0.2, 0) is 6.42 Å². The maximum absolute atomic E-state index is 5.85. The van der Waals surface area contributed by atoms with E-state index in [9.17, 15) is 0 Å². The average Bonchev–Trinajstić information content (AvgIpc) is 2.44. The quantitative estimate of drug-likeness (QED) is 0.601. The van der Waals surface area contributed by atoms with Crippen LogP contribution in [0.3, 0.4) is 0 Å². The summed E-state index contributed by atoms with van der Waals surface area (Å²) in [4.78, 5) is 2.27. The standard InChI is InChI=1S/C10H12ClN/c1-12-9(7-11)6-8-4-2-3-5-10(8)12/h2-5,9H,6-7H2,1H3. The number of rotatable bonds is 1. The lowest BCUT2D eigenvalue weighted by molar-refractivity contribution is 0.738. The van der Waals surface area contributed by atoms with Crippen LogP contribution in [0.5, 0.6) is 0 Å². The molecule has 1 atom stereocenters. The predicted octanol–water partition coefficient (Wildman–Crippen LogP) is 2.29. The van der Waals surface area contributed by atoms with Crippen molar-refractivity contribution in [1.82, 2.24) is 0 Å². The van der Waals surface area contributed by atoms with Gasteiger partial charge in [-0.15, -0.1) is 11.6 Å². The Balaban J connectivity index is 2.35. The summed E-state index contributed by atoms with van der Waals surface area (Å²) >= 11 is 5.85. The fraction of sp³-hybridized carbons (Fsp3) is 0.400. The van der Waals surface area contributed by atoms with E-state index >= 15 is 0 Å². The molecule has 1 aromatic carbocycles. The Morgan fingerprint density at radius 1 is 1.50 bits per heavy atom. The van der Waals surface area contributed by atoms with E-state index in [4.69, 9.17) is 11.6 Å². The van der Waals surface area contributed by atoms with Crippen molar-refractivity contribution in [3.8, 4) is 0 Å². The van der Waals surface area contributed by atoms with Gasteiger partial charge >= 0.3 is 0 Å². The third kappa shape index (κ3) is 1.09. The summed E-state index contributed by atoms with van der Waals surface area (Å²) in [6.07, 6.45) is 1.09. The lowest BCUT2D eigenvalue weighted by atomic mass is 10.1. The fourth-order valence-electron chi connectivity index (χ4n) is 1.77. The smallest absolute Gasteiger partial charge is 0.0463 e. The molecule has 1 aliphatic rings. The number of hydrogen-bond donors (Lipinski definition) is 0. The van der Waals surface area contributed by atoms with Crippen LogP contribution in [0, 0.1) is 0 Å². The number of alkyl halides is 1. The van der Waals surface area contributed by atoms with Gasteiger partial charge in [-0.1, -0.05) is 18.2 Å².